The van der Waals surface area contributed by atoms with Crippen LogP contribution in [0.25, 0.3) is 0 Å². The summed E-state index contributed by atoms with van der Waals surface area (Å²) in [6.07, 6.45) is 0.00366. The number of amides is 1. The third kappa shape index (κ3) is 6.06. The first-order valence-corrected chi connectivity index (χ1v) is 9.61. The largest absolute Gasteiger partial charge is 0.364 e. The number of Topliss-reactive ketones (excluding diaryl/α,β-unsaturated/α-hetero) is 1. The van der Waals surface area contributed by atoms with Crippen LogP contribution in [0.3, 0.4) is 0 Å². The lowest BCUT2D eigenvalue weighted by atomic mass is 10.1. The van der Waals surface area contributed by atoms with E-state index in [0.29, 0.717) is 29.8 Å². The quantitative estimate of drug-likeness (QED) is 0.155. The number of alkyl halides is 2. The second kappa shape index (κ2) is 10.7. The van der Waals surface area contributed by atoms with E-state index >= 15 is 0 Å². The number of nitro groups is 2. The van der Waals surface area contributed by atoms with Crippen LogP contribution in [-0.2, 0) is 9.59 Å². The van der Waals surface area contributed by atoms with Gasteiger partial charge in [-0.05, 0) is 6.07 Å². The van der Waals surface area contributed by atoms with Crippen LogP contribution in [0.5, 0.6) is 0 Å². The monoisotopic (exact) mass is 508 g/mol. The zero-order chi connectivity index (χ0) is 20.6. The number of aldehydes is 1. The number of nitrogens with zero attached hydrogens (tertiary/aromatic N) is 3. The lowest BCUT2D eigenvalue weighted by Gasteiger charge is -2.23. The first kappa shape index (κ1) is 22.6. The van der Waals surface area contributed by atoms with E-state index in [2.05, 4.69) is 37.2 Å². The summed E-state index contributed by atoms with van der Waals surface area (Å²) >= 11 is 6.46. The third-order valence-electron chi connectivity index (χ3n) is 3.34. The maximum absolute atomic E-state index is 12.3. The maximum atomic E-state index is 12.3. The van der Waals surface area contributed by atoms with Crippen LogP contribution in [0.15, 0.2) is 12.1 Å². The first-order chi connectivity index (χ1) is 12.8. The maximum Gasteiger partial charge on any atom is 0.299 e. The van der Waals surface area contributed by atoms with E-state index in [1.54, 1.807) is 4.90 Å². The number of anilines is 1. The van der Waals surface area contributed by atoms with E-state index < -0.39 is 45.0 Å². The Morgan fingerprint density at radius 3 is 2.07 bits per heavy atom. The Hall–Kier alpha value is -2.41. The van der Waals surface area contributed by atoms with Crippen molar-refractivity contribution in [3.05, 3.63) is 37.9 Å². The van der Waals surface area contributed by atoms with E-state index in [-0.39, 0.29) is 12.0 Å². The van der Waals surface area contributed by atoms with Gasteiger partial charge in [-0.3, -0.25) is 34.6 Å². The molecule has 11 nitrogen and oxygen atoms in total. The molecule has 0 unspecified atom stereocenters. The Morgan fingerprint density at radius 1 is 1.07 bits per heavy atom. The minimum atomic E-state index is -0.995. The fourth-order valence-corrected chi connectivity index (χ4v) is 3.02. The molecular formula is C14H14Br2N4O7. The van der Waals surface area contributed by atoms with Gasteiger partial charge in [0, 0.05) is 23.7 Å². The molecule has 0 fully saturated rings. The van der Waals surface area contributed by atoms with Crippen molar-refractivity contribution in [3.8, 4) is 0 Å². The van der Waals surface area contributed by atoms with Gasteiger partial charge in [-0.1, -0.05) is 31.9 Å². The molecule has 0 bridgehead atoms. The molecule has 0 aliphatic heterocycles. The standard InChI is InChI=1S/C14H14Br2N4O7/c15-1-3-18(4-2-16)12-5-10(14(23)17-7-9(22)8-21)11(19(24)25)6-13(12)20(26)27/h5-6,8H,1-4,7H2,(H,17,23). The number of rotatable bonds is 11. The summed E-state index contributed by atoms with van der Waals surface area (Å²) in [5.74, 6) is -1.92. The fraction of sp³-hybridized carbons (Fsp3) is 0.357. The van der Waals surface area contributed by atoms with E-state index in [0.717, 1.165) is 6.07 Å². The van der Waals surface area contributed by atoms with Crippen molar-refractivity contribution in [1.29, 1.82) is 0 Å². The van der Waals surface area contributed by atoms with Gasteiger partial charge in [0.25, 0.3) is 17.3 Å². The summed E-state index contributed by atoms with van der Waals surface area (Å²) in [5, 5.41) is 25.7. The van der Waals surface area contributed by atoms with Gasteiger partial charge >= 0.3 is 0 Å². The van der Waals surface area contributed by atoms with Crippen molar-refractivity contribution in [2.24, 2.45) is 0 Å². The van der Waals surface area contributed by atoms with Gasteiger partial charge in [0.05, 0.1) is 22.5 Å². The van der Waals surface area contributed by atoms with Crippen molar-refractivity contribution in [2.75, 3.05) is 35.2 Å². The van der Waals surface area contributed by atoms with E-state index in [9.17, 15) is 34.6 Å². The second-order valence-electron chi connectivity index (χ2n) is 5.00. The molecule has 0 aromatic heterocycles. The Labute approximate surface area is 169 Å². The number of hydrogen-bond acceptors (Lipinski definition) is 8. The van der Waals surface area contributed by atoms with Crippen LogP contribution in [0.1, 0.15) is 10.4 Å². The van der Waals surface area contributed by atoms with Gasteiger partial charge < -0.3 is 10.2 Å². The summed E-state index contributed by atoms with van der Waals surface area (Å²) < 4.78 is 0. The van der Waals surface area contributed by atoms with Gasteiger partial charge in [-0.15, -0.1) is 0 Å². The van der Waals surface area contributed by atoms with Gasteiger partial charge in [0.15, 0.2) is 6.29 Å². The molecule has 0 atom stereocenters. The predicted molar refractivity (Wildman–Crippen MR) is 103 cm³/mol. The van der Waals surface area contributed by atoms with Crippen LogP contribution >= 0.6 is 31.9 Å². The molecule has 1 aromatic carbocycles. The second-order valence-corrected chi connectivity index (χ2v) is 6.59. The Bertz CT molecular complexity index is 766. The molecule has 0 radical (unpaired) electrons. The SMILES string of the molecule is O=CC(=O)CNC(=O)c1cc(N(CCBr)CCBr)c([N+](=O)[O-])cc1[N+](=O)[O-]. The lowest BCUT2D eigenvalue weighted by molar-refractivity contribution is -0.393. The average molecular weight is 510 g/mol. The summed E-state index contributed by atoms with van der Waals surface area (Å²) in [5.41, 5.74) is -1.73. The predicted octanol–water partition coefficient (Wildman–Crippen LogP) is 1.60. The van der Waals surface area contributed by atoms with Crippen molar-refractivity contribution in [1.82, 2.24) is 5.32 Å². The third-order valence-corrected chi connectivity index (χ3v) is 4.04. The number of nitro benzene ring substituents is 2. The molecule has 13 heteroatoms. The average Bonchev–Trinajstić information content (AvgIpc) is 2.64. The normalized spacial score (nSPS) is 10.1. The minimum Gasteiger partial charge on any atom is -0.364 e. The van der Waals surface area contributed by atoms with Gasteiger partial charge in [0.2, 0.25) is 5.78 Å². The summed E-state index contributed by atoms with van der Waals surface area (Å²) in [7, 11) is 0. The number of benzene rings is 1. The summed E-state index contributed by atoms with van der Waals surface area (Å²) in [6.45, 7) is 0.0438. The topological polar surface area (TPSA) is 153 Å². The molecule has 27 heavy (non-hydrogen) atoms. The Balaban J connectivity index is 3.51. The molecule has 0 saturated carbocycles. The number of nitrogens with one attached hydrogen (secondary N) is 1. The number of ketones is 1. The molecule has 1 N–H and O–H groups in total. The van der Waals surface area contributed by atoms with Crippen molar-refractivity contribution in [3.63, 3.8) is 0 Å². The van der Waals surface area contributed by atoms with E-state index in [4.69, 9.17) is 0 Å². The van der Waals surface area contributed by atoms with Crippen molar-refractivity contribution in [2.45, 2.75) is 0 Å². The molecule has 1 amide bonds. The number of hydrogen-bond donors (Lipinski definition) is 1. The highest BCUT2D eigenvalue weighted by atomic mass is 79.9. The summed E-state index contributed by atoms with van der Waals surface area (Å²) in [6, 6.07) is 1.75. The lowest BCUT2D eigenvalue weighted by Crippen LogP contribution is -2.32. The Morgan fingerprint density at radius 2 is 1.63 bits per heavy atom. The van der Waals surface area contributed by atoms with Crippen LogP contribution < -0.4 is 10.2 Å². The molecule has 1 rings (SSSR count). The number of halogens is 2. The molecule has 0 spiro atoms. The molecule has 1 aromatic rings. The fourth-order valence-electron chi connectivity index (χ4n) is 2.16. The van der Waals surface area contributed by atoms with Crippen molar-refractivity contribution >= 4 is 66.9 Å². The zero-order valence-corrected chi connectivity index (χ0v) is 16.9. The smallest absolute Gasteiger partial charge is 0.299 e. The first-order valence-electron chi connectivity index (χ1n) is 7.36. The molecule has 0 aliphatic rings. The molecule has 0 heterocycles. The van der Waals surface area contributed by atoms with E-state index in [1.807, 2.05) is 0 Å². The number of carbonyl (C=O) groups excluding carboxylic acids is 3. The van der Waals surface area contributed by atoms with Gasteiger partial charge in [-0.25, -0.2) is 0 Å². The minimum absolute atomic E-state index is 0.00366. The molecular weight excluding hydrogens is 496 g/mol. The van der Waals surface area contributed by atoms with Crippen LogP contribution in [-0.4, -0.2) is 58.1 Å². The highest BCUT2D eigenvalue weighted by Crippen LogP contribution is 2.35. The van der Waals surface area contributed by atoms with Crippen LogP contribution in [0.2, 0.25) is 0 Å². The van der Waals surface area contributed by atoms with Crippen LogP contribution in [0.4, 0.5) is 17.1 Å². The van der Waals surface area contributed by atoms with E-state index in [1.165, 1.54) is 0 Å². The van der Waals surface area contributed by atoms with Gasteiger partial charge in [0.1, 0.15) is 11.3 Å². The highest BCUT2D eigenvalue weighted by molar-refractivity contribution is 9.09. The molecule has 146 valence electrons. The van der Waals surface area contributed by atoms with Crippen LogP contribution in [0, 0.1) is 20.2 Å². The van der Waals surface area contributed by atoms with Gasteiger partial charge in [-0.2, -0.15) is 0 Å². The molecule has 0 aliphatic carbocycles. The molecule has 0 saturated heterocycles. The highest BCUT2D eigenvalue weighted by Gasteiger charge is 2.30. The number of carbonyl (C=O) groups is 3. The Kier molecular flexibility index (Phi) is 8.94. The summed E-state index contributed by atoms with van der Waals surface area (Å²) in [4.78, 5) is 56.2. The zero-order valence-electron chi connectivity index (χ0n) is 13.7. The van der Waals surface area contributed by atoms with Crippen molar-refractivity contribution < 1.29 is 24.2 Å².